The number of nitrogens with one attached hydrogen (secondary N) is 1. The van der Waals surface area contributed by atoms with Crippen molar-refractivity contribution in [3.8, 4) is 5.75 Å². The van der Waals surface area contributed by atoms with E-state index in [1.165, 1.54) is 6.07 Å². The molecular formula is C28H28Cl2FN2O2P. The lowest BCUT2D eigenvalue weighted by molar-refractivity contribution is -0.132. The van der Waals surface area contributed by atoms with E-state index in [2.05, 4.69) is 14.6 Å². The summed E-state index contributed by atoms with van der Waals surface area (Å²) in [7, 11) is 4.03. The molecule has 8 heteroatoms. The van der Waals surface area contributed by atoms with Crippen LogP contribution in [0.4, 0.5) is 4.39 Å². The van der Waals surface area contributed by atoms with Crippen LogP contribution >= 0.6 is 32.4 Å². The van der Waals surface area contributed by atoms with Crippen molar-refractivity contribution in [1.29, 1.82) is 0 Å². The summed E-state index contributed by atoms with van der Waals surface area (Å²) in [5.41, 5.74) is 8.58. The number of benzene rings is 3. The molecule has 5 atom stereocenters. The van der Waals surface area contributed by atoms with Crippen LogP contribution in [0.25, 0.3) is 0 Å². The molecule has 1 saturated heterocycles. The van der Waals surface area contributed by atoms with Crippen molar-refractivity contribution in [3.63, 3.8) is 0 Å². The van der Waals surface area contributed by atoms with E-state index in [-0.39, 0.29) is 23.6 Å². The molecule has 1 amide bonds. The van der Waals surface area contributed by atoms with E-state index in [4.69, 9.17) is 33.7 Å². The summed E-state index contributed by atoms with van der Waals surface area (Å²) >= 11 is 13.0. The molecule has 3 aromatic rings. The van der Waals surface area contributed by atoms with Crippen molar-refractivity contribution in [2.24, 2.45) is 17.1 Å². The molecule has 1 heterocycles. The average Bonchev–Trinajstić information content (AvgIpc) is 3.19. The Morgan fingerprint density at radius 2 is 1.89 bits per heavy atom. The highest BCUT2D eigenvalue weighted by molar-refractivity contribution is 7.27. The van der Waals surface area contributed by atoms with Crippen LogP contribution in [0.2, 0.25) is 10.0 Å². The zero-order chi connectivity index (χ0) is 25.7. The first-order valence-electron chi connectivity index (χ1n) is 11.9. The maximum absolute atomic E-state index is 14.0. The predicted molar refractivity (Wildman–Crippen MR) is 146 cm³/mol. The third-order valence-electron chi connectivity index (χ3n) is 8.13. The molecule has 1 saturated carbocycles. The van der Waals surface area contributed by atoms with Gasteiger partial charge in [-0.25, -0.2) is 4.39 Å². The number of hydrogen-bond donors (Lipinski definition) is 2. The molecule has 4 nitrogen and oxygen atoms in total. The molecule has 3 aromatic carbocycles. The molecule has 3 N–H and O–H groups in total. The summed E-state index contributed by atoms with van der Waals surface area (Å²) in [6.45, 7) is 0.442. The van der Waals surface area contributed by atoms with E-state index in [1.807, 2.05) is 36.4 Å². The van der Waals surface area contributed by atoms with Gasteiger partial charge < -0.3 is 15.8 Å². The Balaban J connectivity index is 1.65. The lowest BCUT2D eigenvalue weighted by Gasteiger charge is -2.53. The SMILES string of the molecule is COc1ccc(C2CCC3(Cc4ccc(F)c(P)c4)C(=O)NCC3C2(N)c2ccc(Cl)cc2)c(Cl)c1. The van der Waals surface area contributed by atoms with Crippen molar-refractivity contribution < 1.29 is 13.9 Å². The summed E-state index contributed by atoms with van der Waals surface area (Å²) in [5, 5.41) is 4.79. The second-order valence-electron chi connectivity index (χ2n) is 9.87. The normalized spacial score (nSPS) is 27.4. The Morgan fingerprint density at radius 1 is 1.14 bits per heavy atom. The zero-order valence-corrected chi connectivity index (χ0v) is 22.5. The van der Waals surface area contributed by atoms with Crippen molar-refractivity contribution in [3.05, 3.63) is 93.2 Å². The van der Waals surface area contributed by atoms with Crippen molar-refractivity contribution >= 4 is 43.7 Å². The molecule has 36 heavy (non-hydrogen) atoms. The number of carbonyl (C=O) groups is 1. The van der Waals surface area contributed by atoms with Gasteiger partial charge >= 0.3 is 0 Å². The first-order valence-corrected chi connectivity index (χ1v) is 13.2. The molecule has 0 bridgehead atoms. The third kappa shape index (κ3) is 4.11. The van der Waals surface area contributed by atoms with Crippen LogP contribution in [-0.4, -0.2) is 19.6 Å². The Morgan fingerprint density at radius 3 is 2.56 bits per heavy atom. The highest BCUT2D eigenvalue weighted by atomic mass is 35.5. The number of nitrogens with two attached hydrogens (primary N) is 1. The van der Waals surface area contributed by atoms with E-state index in [9.17, 15) is 9.18 Å². The van der Waals surface area contributed by atoms with E-state index in [0.717, 1.165) is 16.7 Å². The number of methoxy groups -OCH3 is 1. The standard InChI is InChI=1S/C28H28Cl2FN2O2P/c1-35-19-7-8-20(22(30)13-19)21-10-11-27(14-16-2-9-23(31)24(36)12-16)25(15-33-26(27)34)28(21,32)17-3-5-18(29)6-4-17/h2-9,12-13,21,25H,10-11,14-15,32,36H2,1H3,(H,33,34). The lowest BCUT2D eigenvalue weighted by atomic mass is 9.51. The maximum Gasteiger partial charge on any atom is 0.227 e. The van der Waals surface area contributed by atoms with Crippen LogP contribution in [-0.2, 0) is 16.8 Å². The smallest absolute Gasteiger partial charge is 0.227 e. The van der Waals surface area contributed by atoms with Gasteiger partial charge in [0.25, 0.3) is 0 Å². The van der Waals surface area contributed by atoms with E-state index >= 15 is 0 Å². The van der Waals surface area contributed by atoms with Crippen LogP contribution in [0.15, 0.2) is 60.7 Å². The van der Waals surface area contributed by atoms with Crippen molar-refractivity contribution in [1.82, 2.24) is 5.32 Å². The number of amides is 1. The number of carbonyl (C=O) groups excluding carboxylic acids is 1. The minimum Gasteiger partial charge on any atom is -0.497 e. The molecule has 5 unspecified atom stereocenters. The molecule has 0 radical (unpaired) electrons. The highest BCUT2D eigenvalue weighted by Crippen LogP contribution is 2.59. The first-order chi connectivity index (χ1) is 17.2. The third-order valence-corrected chi connectivity index (χ3v) is 9.15. The molecular weight excluding hydrogens is 517 g/mol. The molecule has 0 spiro atoms. The van der Waals surface area contributed by atoms with Crippen LogP contribution in [0.5, 0.6) is 5.75 Å². The second-order valence-corrected chi connectivity index (χ2v) is 11.3. The molecule has 2 fully saturated rings. The Labute approximate surface area is 222 Å². The van der Waals surface area contributed by atoms with Gasteiger partial charge in [-0.3, -0.25) is 4.79 Å². The molecule has 188 valence electrons. The van der Waals surface area contributed by atoms with Gasteiger partial charge in [-0.15, -0.1) is 9.24 Å². The Kier molecular flexibility index (Phi) is 6.80. The molecule has 0 aromatic heterocycles. The fourth-order valence-corrected chi connectivity index (χ4v) is 7.09. The van der Waals surface area contributed by atoms with Gasteiger partial charge in [0, 0.05) is 33.7 Å². The predicted octanol–water partition coefficient (Wildman–Crippen LogP) is 5.35. The van der Waals surface area contributed by atoms with Crippen LogP contribution in [0.1, 0.15) is 35.4 Å². The Bertz CT molecular complexity index is 1320. The summed E-state index contributed by atoms with van der Waals surface area (Å²) in [4.78, 5) is 13.5. The number of rotatable bonds is 5. The van der Waals surface area contributed by atoms with Gasteiger partial charge in [0.05, 0.1) is 18.1 Å². The van der Waals surface area contributed by atoms with Crippen molar-refractivity contribution in [2.75, 3.05) is 13.7 Å². The highest BCUT2D eigenvalue weighted by Gasteiger charge is 2.63. The van der Waals surface area contributed by atoms with E-state index < -0.39 is 11.0 Å². The van der Waals surface area contributed by atoms with Gasteiger partial charge in [-0.05, 0) is 72.4 Å². The molecule has 1 aliphatic heterocycles. The second kappa shape index (κ2) is 9.61. The topological polar surface area (TPSA) is 64.3 Å². The number of ether oxygens (including phenoxy) is 1. The summed E-state index contributed by atoms with van der Waals surface area (Å²) in [5.74, 6) is -0.00151. The van der Waals surface area contributed by atoms with Gasteiger partial charge in [-0.2, -0.15) is 0 Å². The van der Waals surface area contributed by atoms with Gasteiger partial charge in [0.1, 0.15) is 11.6 Å². The minimum absolute atomic E-state index is 0.00908. The minimum atomic E-state index is -0.913. The van der Waals surface area contributed by atoms with Crippen LogP contribution in [0.3, 0.4) is 0 Å². The molecule has 2 aliphatic rings. The van der Waals surface area contributed by atoms with Gasteiger partial charge in [-0.1, -0.05) is 47.5 Å². The van der Waals surface area contributed by atoms with Crippen molar-refractivity contribution in [2.45, 2.75) is 30.7 Å². The summed E-state index contributed by atoms with van der Waals surface area (Å²) in [6, 6.07) is 18.2. The van der Waals surface area contributed by atoms with Gasteiger partial charge in [0.15, 0.2) is 0 Å². The summed E-state index contributed by atoms with van der Waals surface area (Å²) in [6.07, 6.45) is 1.76. The quantitative estimate of drug-likeness (QED) is 0.425. The largest absolute Gasteiger partial charge is 0.497 e. The van der Waals surface area contributed by atoms with Gasteiger partial charge in [0.2, 0.25) is 5.91 Å². The van der Waals surface area contributed by atoms with E-state index in [1.54, 1.807) is 25.3 Å². The number of hydrogen-bond acceptors (Lipinski definition) is 3. The first kappa shape index (κ1) is 25.5. The monoisotopic (exact) mass is 544 g/mol. The zero-order valence-electron chi connectivity index (χ0n) is 19.9. The molecule has 5 rings (SSSR count). The maximum atomic E-state index is 14.0. The lowest BCUT2D eigenvalue weighted by Crippen LogP contribution is -2.59. The summed E-state index contributed by atoms with van der Waals surface area (Å²) < 4.78 is 19.3. The number of halogens is 3. The molecule has 1 aliphatic carbocycles. The fraction of sp³-hybridized carbons (Fsp3) is 0.321. The van der Waals surface area contributed by atoms with E-state index in [0.29, 0.717) is 46.9 Å². The fourth-order valence-electron chi connectivity index (χ4n) is 6.35. The average molecular weight is 545 g/mol. The number of fused-ring (bicyclic) bond motifs is 1. The van der Waals surface area contributed by atoms with Crippen LogP contribution in [0, 0.1) is 17.2 Å². The Hall–Kier alpha value is -2.17. The van der Waals surface area contributed by atoms with Crippen LogP contribution < -0.4 is 21.1 Å².